The Morgan fingerprint density at radius 1 is 1.04 bits per heavy atom. The fourth-order valence-corrected chi connectivity index (χ4v) is 7.12. The molecule has 2 aromatic heterocycles. The molecule has 0 unspecified atom stereocenters. The van der Waals surface area contributed by atoms with E-state index in [0.717, 1.165) is 21.9 Å². The van der Waals surface area contributed by atoms with E-state index in [1.165, 1.54) is 6.20 Å². The van der Waals surface area contributed by atoms with E-state index in [0.29, 0.717) is 15.3 Å². The average Bonchev–Trinajstić information content (AvgIpc) is 3.06. The molecular weight excluding hydrogens is 409 g/mol. The molecule has 4 rings (SSSR count). The van der Waals surface area contributed by atoms with Crippen LogP contribution < -0.4 is 4.06 Å². The van der Waals surface area contributed by atoms with Crippen molar-refractivity contribution in [2.45, 2.75) is 45.6 Å². The fraction of sp³-hybridized carbons (Fsp3) is 0.292. The van der Waals surface area contributed by atoms with E-state index in [9.17, 15) is 0 Å². The van der Waals surface area contributed by atoms with Crippen molar-refractivity contribution in [3.05, 3.63) is 60.3 Å². The van der Waals surface area contributed by atoms with Gasteiger partial charge in [-0.3, -0.25) is 0 Å². The van der Waals surface area contributed by atoms with Crippen LogP contribution in [0.5, 0.6) is 0 Å². The van der Waals surface area contributed by atoms with Crippen LogP contribution in [0.4, 0.5) is 0 Å². The first-order valence-electron chi connectivity index (χ1n) is 13.7. The van der Waals surface area contributed by atoms with Crippen LogP contribution in [0.25, 0.3) is 31.7 Å². The fourth-order valence-electron chi connectivity index (χ4n) is 3.34. The van der Waals surface area contributed by atoms with Gasteiger partial charge in [-0.1, -0.05) is 0 Å². The molecule has 0 atom stereocenters. The molecule has 0 bridgehead atoms. The molecule has 0 aliphatic heterocycles. The molecule has 2 heterocycles. The van der Waals surface area contributed by atoms with Crippen molar-refractivity contribution in [2.24, 2.45) is 0 Å². The zero-order chi connectivity index (χ0) is 27.8. The van der Waals surface area contributed by atoms with E-state index < -0.39 is 42.0 Å². The van der Waals surface area contributed by atoms with Gasteiger partial charge in [0.25, 0.3) is 0 Å². The van der Waals surface area contributed by atoms with E-state index in [1.807, 2.05) is 30.3 Å². The first-order valence-corrected chi connectivity index (χ1v) is 12.5. The molecule has 3 heteroatoms. The third kappa shape index (κ3) is 3.45. The van der Waals surface area contributed by atoms with Gasteiger partial charge in [0, 0.05) is 0 Å². The zero-order valence-electron chi connectivity index (χ0n) is 25.5. The molecule has 4 aromatic rings. The number of pyridine rings is 1. The van der Waals surface area contributed by atoms with Gasteiger partial charge in [-0.05, 0) is 0 Å². The topological polar surface area (TPSA) is 12.9 Å². The minimum atomic E-state index is -5.24. The summed E-state index contributed by atoms with van der Waals surface area (Å²) in [5.74, 6) is 0. The number of hydrogen-bond acceptors (Lipinski definition) is 1. The van der Waals surface area contributed by atoms with Crippen LogP contribution in [0.3, 0.4) is 0 Å². The Balaban J connectivity index is 2.12. The summed E-state index contributed by atoms with van der Waals surface area (Å²) in [4.78, 5) is 4.59. The number of hydrogen-bond donors (Lipinski definition) is 0. The Labute approximate surface area is 183 Å². The SMILES string of the molecule is [2H]c1c([Si](C([2H])([2H])[2H])(C([2H])([2H])[2H])C([2H])([2H])[2H])[se]c2c(-c3cc(C(C)(C)C)c4ccccc4c3)nccc12. The summed E-state index contributed by atoms with van der Waals surface area (Å²) in [6.45, 7) is -3.46. The predicted molar refractivity (Wildman–Crippen MR) is 123 cm³/mol. The number of aromatic nitrogens is 1. The second-order valence-electron chi connectivity index (χ2n) is 7.84. The summed E-state index contributed by atoms with van der Waals surface area (Å²) >= 11 is -1.01. The third-order valence-corrected chi connectivity index (χ3v) is 9.84. The minimum absolute atomic E-state index is 0.200. The Morgan fingerprint density at radius 3 is 2.56 bits per heavy atom. The predicted octanol–water partition coefficient (Wildman–Crippen LogP) is 5.95. The van der Waals surface area contributed by atoms with Gasteiger partial charge >= 0.3 is 183 Å². The molecule has 1 nitrogen and oxygen atoms in total. The Kier molecular flexibility index (Phi) is 2.43. The molecular formula is C24H27NSeSi. The monoisotopic (exact) mass is 447 g/mol. The van der Waals surface area contributed by atoms with E-state index in [2.05, 4.69) is 31.8 Å². The van der Waals surface area contributed by atoms with E-state index >= 15 is 0 Å². The summed E-state index contributed by atoms with van der Waals surface area (Å²) in [5, 5.41) is 2.45. The maximum absolute atomic E-state index is 8.85. The van der Waals surface area contributed by atoms with Gasteiger partial charge in [-0.25, -0.2) is 0 Å². The van der Waals surface area contributed by atoms with Crippen molar-refractivity contribution >= 4 is 47.1 Å². The van der Waals surface area contributed by atoms with Crippen molar-refractivity contribution in [1.29, 1.82) is 0 Å². The van der Waals surface area contributed by atoms with Gasteiger partial charge in [0.15, 0.2) is 0 Å². The quantitative estimate of drug-likeness (QED) is 0.347. The number of rotatable bonds is 2. The summed E-state index contributed by atoms with van der Waals surface area (Å²) in [7, 11) is -5.24. The average molecular weight is 447 g/mol. The van der Waals surface area contributed by atoms with Gasteiger partial charge in [0.2, 0.25) is 0 Å². The van der Waals surface area contributed by atoms with Crippen LogP contribution >= 0.6 is 0 Å². The Morgan fingerprint density at radius 2 is 1.81 bits per heavy atom. The van der Waals surface area contributed by atoms with Crippen molar-refractivity contribution in [3.8, 4) is 11.3 Å². The van der Waals surface area contributed by atoms with Crippen molar-refractivity contribution in [2.75, 3.05) is 0 Å². The third-order valence-electron chi connectivity index (χ3n) is 4.64. The van der Waals surface area contributed by atoms with Crippen molar-refractivity contribution in [1.82, 2.24) is 4.98 Å². The van der Waals surface area contributed by atoms with Crippen molar-refractivity contribution < 1.29 is 13.7 Å². The van der Waals surface area contributed by atoms with Gasteiger partial charge < -0.3 is 0 Å². The number of nitrogens with zero attached hydrogens (tertiary/aromatic N) is 1. The Bertz CT molecular complexity index is 1460. The first-order chi connectivity index (χ1) is 16.8. The number of fused-ring (bicyclic) bond motifs is 2. The van der Waals surface area contributed by atoms with Crippen LogP contribution in [-0.2, 0) is 5.41 Å². The first kappa shape index (κ1) is 10.2. The summed E-state index contributed by atoms with van der Waals surface area (Å²) in [5.41, 5.74) is 2.17. The van der Waals surface area contributed by atoms with Crippen LogP contribution in [0.1, 0.15) is 40.0 Å². The Hall–Kier alpha value is -1.67. The molecule has 0 saturated heterocycles. The van der Waals surface area contributed by atoms with E-state index in [4.69, 9.17) is 13.7 Å². The number of benzene rings is 2. The maximum atomic E-state index is 8.85. The summed E-state index contributed by atoms with van der Waals surface area (Å²) in [6.07, 6.45) is 1.51. The second kappa shape index (κ2) is 6.44. The van der Waals surface area contributed by atoms with E-state index in [1.54, 1.807) is 6.07 Å². The van der Waals surface area contributed by atoms with Crippen LogP contribution in [0.2, 0.25) is 19.4 Å². The van der Waals surface area contributed by atoms with Gasteiger partial charge in [-0.15, -0.1) is 0 Å². The molecule has 0 N–H and O–H groups in total. The zero-order valence-corrected chi connectivity index (χ0v) is 18.2. The van der Waals surface area contributed by atoms with E-state index in [-0.39, 0.29) is 15.5 Å². The van der Waals surface area contributed by atoms with Gasteiger partial charge in [-0.2, -0.15) is 0 Å². The molecule has 0 spiro atoms. The molecule has 0 aliphatic rings. The molecule has 0 aliphatic carbocycles. The molecule has 0 radical (unpaired) electrons. The standard InChI is InChI=1S/C24H27NSeSi/c1-24(2,3)20-14-18(13-16-9-7-8-10-19(16)20)22-23-17(11-12-25-22)15-21(26-23)27(4,5)6/h7-15H,1-6H3/i4D3,5D3,6D3,15D. The molecule has 0 fully saturated rings. The normalized spacial score (nSPS) is 19.7. The summed E-state index contributed by atoms with van der Waals surface area (Å²) in [6, 6.07) is 13.2. The van der Waals surface area contributed by atoms with Crippen LogP contribution in [0, 0.1) is 0 Å². The molecule has 2 aromatic carbocycles. The van der Waals surface area contributed by atoms with Gasteiger partial charge in [0.1, 0.15) is 0 Å². The van der Waals surface area contributed by atoms with Crippen LogP contribution in [0.15, 0.2) is 54.7 Å². The molecule has 27 heavy (non-hydrogen) atoms. The van der Waals surface area contributed by atoms with Crippen molar-refractivity contribution in [3.63, 3.8) is 0 Å². The summed E-state index contributed by atoms with van der Waals surface area (Å²) < 4.78 is 82.7. The second-order valence-corrected chi connectivity index (χ2v) is 12.8. The molecule has 138 valence electrons. The van der Waals surface area contributed by atoms with Gasteiger partial charge in [0.05, 0.1) is 0 Å². The van der Waals surface area contributed by atoms with Crippen LogP contribution in [-0.4, -0.2) is 27.6 Å². The molecule has 0 amide bonds. The molecule has 0 saturated carbocycles.